The third-order valence-electron chi connectivity index (χ3n) is 4.82. The number of ether oxygens (including phenoxy) is 3. The molecular formula is C24H27N5O6S. The van der Waals surface area contributed by atoms with Gasteiger partial charge in [-0.2, -0.15) is 0 Å². The minimum Gasteiger partial charge on any atom is -0.497 e. The number of benzene rings is 2. The number of hydrogen-bond donors (Lipinski definition) is 1. The Balaban J connectivity index is 1.86. The normalized spacial score (nSPS) is 10.9. The monoisotopic (exact) mass is 513 g/mol. The van der Waals surface area contributed by atoms with Crippen LogP contribution in [0.4, 0.5) is 22.2 Å². The maximum absolute atomic E-state index is 11.9. The average molecular weight is 514 g/mol. The van der Waals surface area contributed by atoms with Crippen molar-refractivity contribution < 1.29 is 28.6 Å². The summed E-state index contributed by atoms with van der Waals surface area (Å²) in [6.45, 7) is 5.07. The molecule has 1 heterocycles. The third-order valence-corrected chi connectivity index (χ3v) is 5.72. The Bertz CT molecular complexity index is 1260. The SMILES string of the molecule is COc1ccc2nc(N=Nc3ccc(N(CCOC(C)=O)CCOC(C)=O)cc3NC(C)=O)sc2c1. The van der Waals surface area contributed by atoms with Crippen molar-refractivity contribution in [2.75, 3.05) is 43.6 Å². The molecule has 1 amide bonds. The van der Waals surface area contributed by atoms with E-state index in [1.165, 1.54) is 32.1 Å². The van der Waals surface area contributed by atoms with Gasteiger partial charge in [0.2, 0.25) is 11.0 Å². The zero-order valence-corrected chi connectivity index (χ0v) is 21.3. The van der Waals surface area contributed by atoms with Crippen molar-refractivity contribution in [2.24, 2.45) is 10.2 Å². The first kappa shape index (κ1) is 26.5. The van der Waals surface area contributed by atoms with E-state index >= 15 is 0 Å². The Hall–Kier alpha value is -4.06. The molecule has 2 aromatic carbocycles. The number of nitrogens with zero attached hydrogens (tertiary/aromatic N) is 4. The lowest BCUT2D eigenvalue weighted by atomic mass is 10.2. The second-order valence-corrected chi connectivity index (χ2v) is 8.59. The summed E-state index contributed by atoms with van der Waals surface area (Å²) < 4.78 is 16.3. The molecule has 0 spiro atoms. The van der Waals surface area contributed by atoms with Crippen LogP contribution in [0, 0.1) is 0 Å². The molecule has 0 aliphatic carbocycles. The van der Waals surface area contributed by atoms with E-state index in [4.69, 9.17) is 14.2 Å². The molecule has 36 heavy (non-hydrogen) atoms. The molecule has 1 N–H and O–H groups in total. The van der Waals surface area contributed by atoms with Crippen LogP contribution in [0.15, 0.2) is 46.6 Å². The Labute approximate surface area is 212 Å². The first-order valence-electron chi connectivity index (χ1n) is 11.0. The highest BCUT2D eigenvalue weighted by molar-refractivity contribution is 7.21. The zero-order valence-electron chi connectivity index (χ0n) is 20.4. The molecule has 0 bridgehead atoms. The van der Waals surface area contributed by atoms with E-state index in [9.17, 15) is 14.4 Å². The summed E-state index contributed by atoms with van der Waals surface area (Å²) in [6.07, 6.45) is 0. The number of carbonyl (C=O) groups is 3. The summed E-state index contributed by atoms with van der Waals surface area (Å²) in [5.74, 6) is -0.331. The van der Waals surface area contributed by atoms with Crippen LogP contribution in [0.25, 0.3) is 10.2 Å². The predicted octanol–water partition coefficient (Wildman–Crippen LogP) is 4.61. The standard InChI is InChI=1S/C24H27N5O6S/c1-15(30)25-22-13-18(29(9-11-34-16(2)31)10-12-35-17(3)32)5-7-20(22)27-28-24-26-21-8-6-19(33-4)14-23(21)36-24/h5-8,13-14H,9-12H2,1-4H3,(H,25,30). The smallest absolute Gasteiger partial charge is 0.302 e. The first-order chi connectivity index (χ1) is 17.2. The van der Waals surface area contributed by atoms with E-state index in [-0.39, 0.29) is 19.1 Å². The van der Waals surface area contributed by atoms with Gasteiger partial charge >= 0.3 is 11.9 Å². The molecule has 0 radical (unpaired) electrons. The minimum absolute atomic E-state index is 0.148. The number of anilines is 2. The van der Waals surface area contributed by atoms with Gasteiger partial charge in [0.25, 0.3) is 0 Å². The van der Waals surface area contributed by atoms with Gasteiger partial charge in [-0.3, -0.25) is 14.4 Å². The van der Waals surface area contributed by atoms with Gasteiger partial charge in [0, 0.05) is 26.5 Å². The Morgan fingerprint density at radius 3 is 2.28 bits per heavy atom. The second kappa shape index (κ2) is 12.6. The average Bonchev–Trinajstić information content (AvgIpc) is 3.23. The number of esters is 2. The second-order valence-electron chi connectivity index (χ2n) is 7.58. The summed E-state index contributed by atoms with van der Waals surface area (Å²) >= 11 is 1.37. The first-order valence-corrected chi connectivity index (χ1v) is 11.9. The minimum atomic E-state index is -0.391. The van der Waals surface area contributed by atoms with Gasteiger partial charge in [-0.05, 0) is 36.4 Å². The number of rotatable bonds is 11. The maximum Gasteiger partial charge on any atom is 0.302 e. The predicted molar refractivity (Wildman–Crippen MR) is 137 cm³/mol. The molecule has 3 rings (SSSR count). The summed E-state index contributed by atoms with van der Waals surface area (Å²) in [5, 5.41) is 11.8. The maximum atomic E-state index is 11.9. The van der Waals surface area contributed by atoms with E-state index in [1.54, 1.807) is 25.3 Å². The number of nitrogens with one attached hydrogen (secondary N) is 1. The van der Waals surface area contributed by atoms with Gasteiger partial charge in [-0.1, -0.05) is 11.3 Å². The number of methoxy groups -OCH3 is 1. The highest BCUT2D eigenvalue weighted by Gasteiger charge is 2.13. The van der Waals surface area contributed by atoms with Gasteiger partial charge in [0.1, 0.15) is 24.7 Å². The van der Waals surface area contributed by atoms with E-state index in [1.807, 2.05) is 23.1 Å². The fourth-order valence-electron chi connectivity index (χ4n) is 3.23. The number of fused-ring (bicyclic) bond motifs is 1. The summed E-state index contributed by atoms with van der Waals surface area (Å²) in [6, 6.07) is 10.8. The molecule has 0 aliphatic rings. The van der Waals surface area contributed by atoms with Crippen LogP contribution in [0.1, 0.15) is 20.8 Å². The highest BCUT2D eigenvalue weighted by Crippen LogP contribution is 2.34. The quantitative estimate of drug-likeness (QED) is 0.290. The highest BCUT2D eigenvalue weighted by atomic mass is 32.1. The molecule has 1 aromatic heterocycles. The molecule has 0 atom stereocenters. The van der Waals surface area contributed by atoms with Gasteiger partial charge in [0.05, 0.1) is 36.1 Å². The van der Waals surface area contributed by atoms with Crippen molar-refractivity contribution in [1.82, 2.24) is 4.98 Å². The molecule has 0 fully saturated rings. The van der Waals surface area contributed by atoms with Gasteiger partial charge in [0.15, 0.2) is 0 Å². The molecule has 0 unspecified atom stereocenters. The molecule has 11 nitrogen and oxygen atoms in total. The van der Waals surface area contributed by atoms with E-state index in [0.29, 0.717) is 35.3 Å². The summed E-state index contributed by atoms with van der Waals surface area (Å²) in [7, 11) is 1.60. The molecule has 190 valence electrons. The topological polar surface area (TPSA) is 132 Å². The fourth-order valence-corrected chi connectivity index (χ4v) is 4.04. The van der Waals surface area contributed by atoms with Gasteiger partial charge in [-0.15, -0.1) is 10.2 Å². The lowest BCUT2D eigenvalue weighted by Crippen LogP contribution is -2.32. The van der Waals surface area contributed by atoms with Crippen molar-refractivity contribution in [3.63, 3.8) is 0 Å². The van der Waals surface area contributed by atoms with Crippen LogP contribution >= 0.6 is 11.3 Å². The van der Waals surface area contributed by atoms with Crippen LogP contribution in [0.3, 0.4) is 0 Å². The van der Waals surface area contributed by atoms with Crippen molar-refractivity contribution in [2.45, 2.75) is 20.8 Å². The van der Waals surface area contributed by atoms with Gasteiger partial charge in [-0.25, -0.2) is 4.98 Å². The van der Waals surface area contributed by atoms with E-state index in [0.717, 1.165) is 16.0 Å². The van der Waals surface area contributed by atoms with Crippen molar-refractivity contribution in [1.29, 1.82) is 0 Å². The van der Waals surface area contributed by atoms with Gasteiger partial charge < -0.3 is 24.4 Å². The number of carbonyl (C=O) groups excluding carboxylic acids is 3. The Kier molecular flexibility index (Phi) is 9.28. The van der Waals surface area contributed by atoms with Crippen molar-refractivity contribution >= 4 is 61.6 Å². The van der Waals surface area contributed by atoms with Crippen molar-refractivity contribution in [3.05, 3.63) is 36.4 Å². The lowest BCUT2D eigenvalue weighted by molar-refractivity contribution is -0.141. The van der Waals surface area contributed by atoms with Crippen LogP contribution in [-0.2, 0) is 23.9 Å². The number of azo groups is 1. The number of hydrogen-bond acceptors (Lipinski definition) is 11. The largest absolute Gasteiger partial charge is 0.497 e. The van der Waals surface area contributed by atoms with E-state index in [2.05, 4.69) is 20.5 Å². The molecule has 12 heteroatoms. The third kappa shape index (κ3) is 7.73. The fraction of sp³-hybridized carbons (Fsp3) is 0.333. The van der Waals surface area contributed by atoms with Crippen LogP contribution in [-0.4, -0.2) is 56.2 Å². The number of thiazole rings is 1. The zero-order chi connectivity index (χ0) is 26.1. The summed E-state index contributed by atoms with van der Waals surface area (Å²) in [5.41, 5.74) is 2.37. The lowest BCUT2D eigenvalue weighted by Gasteiger charge is -2.25. The Morgan fingerprint density at radius 2 is 1.67 bits per heavy atom. The molecule has 0 aliphatic heterocycles. The summed E-state index contributed by atoms with van der Waals surface area (Å²) in [4.78, 5) is 40.5. The molecule has 0 saturated heterocycles. The number of aromatic nitrogens is 1. The Morgan fingerprint density at radius 1 is 0.972 bits per heavy atom. The molecule has 0 saturated carbocycles. The molecule has 3 aromatic rings. The molecular weight excluding hydrogens is 486 g/mol. The van der Waals surface area contributed by atoms with Crippen LogP contribution in [0.5, 0.6) is 5.75 Å². The number of amides is 1. The van der Waals surface area contributed by atoms with Crippen molar-refractivity contribution in [3.8, 4) is 5.75 Å². The van der Waals surface area contributed by atoms with Crippen LogP contribution in [0.2, 0.25) is 0 Å². The van der Waals surface area contributed by atoms with Crippen LogP contribution < -0.4 is 15.0 Å². The van der Waals surface area contributed by atoms with E-state index < -0.39 is 11.9 Å².